The summed E-state index contributed by atoms with van der Waals surface area (Å²) in [5.41, 5.74) is 12.2. The highest BCUT2D eigenvalue weighted by atomic mass is 32.2. The minimum absolute atomic E-state index is 0.0360. The van der Waals surface area contributed by atoms with Crippen molar-refractivity contribution in [3.63, 3.8) is 0 Å². The molecule has 1 aliphatic heterocycles. The van der Waals surface area contributed by atoms with Gasteiger partial charge in [-0.05, 0) is 55.5 Å². The largest absolute Gasteiger partial charge is 0.495 e. The molecule has 1 amide bonds. The summed E-state index contributed by atoms with van der Waals surface area (Å²) in [6, 6.07) is 0.224. The maximum Gasteiger partial charge on any atom is 0.261 e. The fourth-order valence-electron chi connectivity index (χ4n) is 3.55. The molecule has 1 fully saturated rings. The van der Waals surface area contributed by atoms with Crippen molar-refractivity contribution in [2.24, 2.45) is 22.4 Å². The molecule has 3 rings (SSSR count). The molecule has 2 aliphatic rings. The average molecular weight is 568 g/mol. The molecular weight excluding hydrogens is 536 g/mol. The Morgan fingerprint density at radius 3 is 2.88 bits per heavy atom. The summed E-state index contributed by atoms with van der Waals surface area (Å²) in [6.45, 7) is 1.97. The number of thioether (sulfide) groups is 1. The van der Waals surface area contributed by atoms with Crippen molar-refractivity contribution in [2.45, 2.75) is 44.2 Å². The Balaban J connectivity index is 1.88. The lowest BCUT2D eigenvalue weighted by Crippen LogP contribution is -2.40. The van der Waals surface area contributed by atoms with Crippen molar-refractivity contribution < 1.29 is 18.3 Å². The fourth-order valence-corrected chi connectivity index (χ4v) is 4.08. The van der Waals surface area contributed by atoms with Gasteiger partial charge >= 0.3 is 0 Å². The Bertz CT molecular complexity index is 1360. The number of nitrogens with one attached hydrogen (secondary N) is 3. The van der Waals surface area contributed by atoms with E-state index in [-0.39, 0.29) is 34.0 Å². The molecule has 0 radical (unpaired) electrons. The molecule has 1 aromatic rings. The molecule has 0 spiro atoms. The molecule has 1 aliphatic carbocycles. The number of rotatable bonds is 8. The lowest BCUT2D eigenvalue weighted by atomic mass is 9.86. The van der Waals surface area contributed by atoms with Crippen LogP contribution in [0, 0.1) is 35.0 Å². The van der Waals surface area contributed by atoms with Gasteiger partial charge in [-0.2, -0.15) is 0 Å². The molecule has 12 heteroatoms. The standard InChI is InChI=1S/C28H31F2N7O2S/c1-17(13-31)14-34-10-4-7-19-11-20(21-12-23(26(29)30)36-16-24(21)39-2)22(15-35-19)27(38)37-28(33)40-25(32)9-8-18-5-3-6-18/h11-16,18,23,26,28,32,36H,3,5-6,10,31,33H2,1-2H3,(H,37,38)/b17-13-,32-25?,34-14?. The van der Waals surface area contributed by atoms with E-state index in [0.29, 0.717) is 11.6 Å². The number of allylic oxidation sites excluding steroid dienone is 2. The number of methoxy groups -OCH3 is 1. The Morgan fingerprint density at radius 1 is 1.45 bits per heavy atom. The van der Waals surface area contributed by atoms with Crippen molar-refractivity contribution in [3.05, 3.63) is 58.9 Å². The van der Waals surface area contributed by atoms with Crippen molar-refractivity contribution in [1.29, 1.82) is 5.41 Å². The number of alkyl halides is 2. The van der Waals surface area contributed by atoms with Crippen LogP contribution in [0.25, 0.3) is 5.57 Å². The number of hydrogen-bond acceptors (Lipinski definition) is 9. The van der Waals surface area contributed by atoms with E-state index in [9.17, 15) is 13.6 Å². The highest BCUT2D eigenvalue weighted by molar-refractivity contribution is 8.14. The molecule has 0 aromatic carbocycles. The number of amides is 1. The molecule has 0 bridgehead atoms. The minimum atomic E-state index is -2.70. The summed E-state index contributed by atoms with van der Waals surface area (Å²) in [6.07, 6.45) is 7.41. The van der Waals surface area contributed by atoms with E-state index in [1.165, 1.54) is 37.8 Å². The first-order valence-corrected chi connectivity index (χ1v) is 13.3. The Labute approximate surface area is 236 Å². The van der Waals surface area contributed by atoms with Crippen LogP contribution in [-0.2, 0) is 4.74 Å². The molecular formula is C28H31F2N7O2S. The molecule has 40 heavy (non-hydrogen) atoms. The Morgan fingerprint density at radius 2 is 2.23 bits per heavy atom. The van der Waals surface area contributed by atoms with Crippen molar-refractivity contribution in [3.8, 4) is 23.7 Å². The molecule has 2 heterocycles. The van der Waals surface area contributed by atoms with Gasteiger partial charge in [-0.15, -0.1) is 0 Å². The second-order valence-corrected chi connectivity index (χ2v) is 10.0. The molecule has 1 aromatic heterocycles. The van der Waals surface area contributed by atoms with E-state index in [1.54, 1.807) is 13.1 Å². The Kier molecular flexibility index (Phi) is 11.3. The number of halogens is 2. The number of nitrogens with zero attached hydrogens (tertiary/aromatic N) is 2. The van der Waals surface area contributed by atoms with Gasteiger partial charge in [-0.25, -0.2) is 13.8 Å². The first-order chi connectivity index (χ1) is 19.2. The fraction of sp³-hybridized carbons (Fsp3) is 0.357. The zero-order valence-electron chi connectivity index (χ0n) is 22.1. The van der Waals surface area contributed by atoms with Crippen LogP contribution >= 0.6 is 11.8 Å². The predicted octanol–water partition coefficient (Wildman–Crippen LogP) is 2.96. The second kappa shape index (κ2) is 14.9. The Hall–Kier alpha value is -4.13. The molecule has 1 saturated carbocycles. The number of ether oxygens (including phenoxy) is 1. The van der Waals surface area contributed by atoms with E-state index >= 15 is 0 Å². The quantitative estimate of drug-likeness (QED) is 0.140. The van der Waals surface area contributed by atoms with Gasteiger partial charge in [-0.3, -0.25) is 15.2 Å². The SMILES string of the molecule is COC1=CNC(C(F)F)C=C1c1cc(C#CCN=C/C(C)=C\N)ncc1C(=O)NC(N)SC(=N)C#CC1CCC1. The monoisotopic (exact) mass is 567 g/mol. The molecule has 0 saturated heterocycles. The smallest absolute Gasteiger partial charge is 0.261 e. The number of aliphatic imine (C=N–C) groups is 1. The third kappa shape index (κ3) is 8.70. The molecule has 9 nitrogen and oxygen atoms in total. The summed E-state index contributed by atoms with van der Waals surface area (Å²) >= 11 is 0.900. The van der Waals surface area contributed by atoms with Gasteiger partial charge in [0.15, 0.2) is 0 Å². The summed E-state index contributed by atoms with van der Waals surface area (Å²) in [5, 5.41) is 13.3. The van der Waals surface area contributed by atoms with Gasteiger partial charge in [0.25, 0.3) is 12.3 Å². The maximum absolute atomic E-state index is 13.6. The summed E-state index contributed by atoms with van der Waals surface area (Å²) in [7, 11) is 1.39. The van der Waals surface area contributed by atoms with Gasteiger partial charge in [0.05, 0.1) is 12.7 Å². The van der Waals surface area contributed by atoms with Crippen LogP contribution in [0.15, 0.2) is 47.1 Å². The van der Waals surface area contributed by atoms with Crippen LogP contribution in [0.4, 0.5) is 8.78 Å². The summed E-state index contributed by atoms with van der Waals surface area (Å²) < 4.78 is 32.5. The highest BCUT2D eigenvalue weighted by Crippen LogP contribution is 2.31. The van der Waals surface area contributed by atoms with E-state index < -0.39 is 23.9 Å². The third-order valence-electron chi connectivity index (χ3n) is 5.91. The van der Waals surface area contributed by atoms with Crippen LogP contribution in [0.2, 0.25) is 0 Å². The number of hydrogen-bond donors (Lipinski definition) is 5. The number of aromatic nitrogens is 1. The normalized spacial score (nSPS) is 17.8. The van der Waals surface area contributed by atoms with Crippen molar-refractivity contribution in [1.82, 2.24) is 15.6 Å². The highest BCUT2D eigenvalue weighted by Gasteiger charge is 2.27. The first-order valence-electron chi connectivity index (χ1n) is 12.4. The summed E-state index contributed by atoms with van der Waals surface area (Å²) in [4.78, 5) is 21.7. The molecule has 2 atom stereocenters. The predicted molar refractivity (Wildman–Crippen MR) is 154 cm³/mol. The maximum atomic E-state index is 13.6. The average Bonchev–Trinajstić information content (AvgIpc) is 2.91. The van der Waals surface area contributed by atoms with Crippen molar-refractivity contribution in [2.75, 3.05) is 13.7 Å². The van der Waals surface area contributed by atoms with E-state index in [1.807, 2.05) is 0 Å². The lowest BCUT2D eigenvalue weighted by molar-refractivity contribution is 0.0950. The van der Waals surface area contributed by atoms with Gasteiger partial charge < -0.3 is 26.8 Å². The third-order valence-corrected chi connectivity index (χ3v) is 6.62. The van der Waals surface area contributed by atoms with E-state index in [0.717, 1.165) is 36.6 Å². The first kappa shape index (κ1) is 30.4. The summed E-state index contributed by atoms with van der Waals surface area (Å²) in [5.74, 6) is 11.5. The number of carbonyl (C=O) groups is 1. The zero-order valence-corrected chi connectivity index (χ0v) is 22.9. The van der Waals surface area contributed by atoms with Gasteiger partial charge in [0, 0.05) is 35.7 Å². The minimum Gasteiger partial charge on any atom is -0.495 e. The van der Waals surface area contributed by atoms with E-state index in [2.05, 4.69) is 44.3 Å². The second-order valence-electron chi connectivity index (χ2n) is 8.86. The number of nitrogens with two attached hydrogens (primary N) is 2. The molecule has 7 N–H and O–H groups in total. The number of carbonyl (C=O) groups excluding carboxylic acids is 1. The number of dihydropyridines is 1. The van der Waals surface area contributed by atoms with Crippen LogP contribution in [0.3, 0.4) is 0 Å². The van der Waals surface area contributed by atoms with Crippen LogP contribution < -0.4 is 22.1 Å². The van der Waals surface area contributed by atoms with Gasteiger partial charge in [-0.1, -0.05) is 30.0 Å². The van der Waals surface area contributed by atoms with Crippen LogP contribution in [0.1, 0.15) is 47.8 Å². The van der Waals surface area contributed by atoms with Crippen LogP contribution in [0.5, 0.6) is 0 Å². The topological polar surface area (TPSA) is 152 Å². The van der Waals surface area contributed by atoms with Gasteiger partial charge in [0.1, 0.15) is 34.6 Å². The number of pyridine rings is 1. The molecule has 210 valence electrons. The van der Waals surface area contributed by atoms with Gasteiger partial charge in [0.2, 0.25) is 0 Å². The molecule has 2 unspecified atom stereocenters. The van der Waals surface area contributed by atoms with E-state index in [4.69, 9.17) is 21.6 Å². The zero-order chi connectivity index (χ0) is 29.1. The lowest BCUT2D eigenvalue weighted by Gasteiger charge is -2.24. The van der Waals surface area contributed by atoms with Crippen molar-refractivity contribution >= 4 is 34.5 Å². The van der Waals surface area contributed by atoms with Crippen LogP contribution in [-0.4, -0.2) is 53.8 Å².